The topological polar surface area (TPSA) is 97.8 Å². The summed E-state index contributed by atoms with van der Waals surface area (Å²) in [4.78, 5) is 28.1. The van der Waals surface area contributed by atoms with Gasteiger partial charge in [0, 0.05) is 5.56 Å². The lowest BCUT2D eigenvalue weighted by Crippen LogP contribution is -2.42. The van der Waals surface area contributed by atoms with Gasteiger partial charge in [0.1, 0.15) is 15.9 Å². The highest BCUT2D eigenvalue weighted by molar-refractivity contribution is 7.16. The van der Waals surface area contributed by atoms with Gasteiger partial charge in [0.2, 0.25) is 6.79 Å². The molecule has 0 saturated heterocycles. The van der Waals surface area contributed by atoms with Gasteiger partial charge in [-0.05, 0) is 37.0 Å². The zero-order valence-electron chi connectivity index (χ0n) is 12.5. The second kappa shape index (κ2) is 5.79. The van der Waals surface area contributed by atoms with E-state index in [4.69, 9.17) is 9.47 Å². The van der Waals surface area contributed by atoms with Gasteiger partial charge in [-0.2, -0.15) is 0 Å². The van der Waals surface area contributed by atoms with Crippen LogP contribution in [0, 0.1) is 5.92 Å². The number of hydrogen-bond acceptors (Lipinski definition) is 6. The molecule has 1 aliphatic heterocycles. The normalized spacial score (nSPS) is 16.7. The van der Waals surface area contributed by atoms with Crippen LogP contribution in [0.2, 0.25) is 0 Å². The van der Waals surface area contributed by atoms with Gasteiger partial charge in [-0.15, -0.1) is 11.3 Å². The fourth-order valence-electron chi connectivity index (χ4n) is 2.57. The molecule has 2 heterocycles. The van der Waals surface area contributed by atoms with E-state index in [0.717, 1.165) is 18.4 Å². The van der Waals surface area contributed by atoms with Crippen molar-refractivity contribution in [3.8, 4) is 22.1 Å². The van der Waals surface area contributed by atoms with E-state index in [1.165, 1.54) is 17.5 Å². The average molecular weight is 346 g/mol. The maximum atomic E-state index is 12.3. The van der Waals surface area contributed by atoms with Crippen molar-refractivity contribution >= 4 is 23.2 Å². The van der Waals surface area contributed by atoms with Gasteiger partial charge in [0.15, 0.2) is 11.5 Å². The van der Waals surface area contributed by atoms with Crippen LogP contribution in [0.15, 0.2) is 24.4 Å². The van der Waals surface area contributed by atoms with Crippen molar-refractivity contribution in [3.63, 3.8) is 0 Å². The van der Waals surface area contributed by atoms with E-state index >= 15 is 0 Å². The summed E-state index contributed by atoms with van der Waals surface area (Å²) in [6.07, 6.45) is 3.14. The molecule has 2 aromatic rings. The molecule has 1 aromatic heterocycles. The second-order valence-corrected chi connectivity index (χ2v) is 6.76. The number of nitrogens with zero attached hydrogens (tertiary/aromatic N) is 1. The molecule has 1 atom stereocenters. The molecule has 4 rings (SSSR count). The number of fused-ring (bicyclic) bond motifs is 1. The second-order valence-electron chi connectivity index (χ2n) is 5.72. The Hall–Kier alpha value is -2.61. The summed E-state index contributed by atoms with van der Waals surface area (Å²) in [5, 5.41) is 12.5. The first-order chi connectivity index (χ1) is 11.6. The molecule has 7 nitrogen and oxygen atoms in total. The lowest BCUT2D eigenvalue weighted by atomic mass is 10.2. The maximum absolute atomic E-state index is 12.3. The van der Waals surface area contributed by atoms with Gasteiger partial charge in [-0.3, -0.25) is 4.79 Å². The summed E-state index contributed by atoms with van der Waals surface area (Å²) >= 11 is 1.21. The summed E-state index contributed by atoms with van der Waals surface area (Å²) in [6, 6.07) is 4.63. The molecule has 1 aromatic carbocycles. The molecule has 2 aliphatic rings. The lowest BCUT2D eigenvalue weighted by molar-refractivity contribution is -0.139. The zero-order chi connectivity index (χ0) is 16.7. The SMILES string of the molecule is O=C(N[C@@H](C(=O)O)C1CC1)c1cnc(-c2ccc3c(c2)OCO3)s1. The van der Waals surface area contributed by atoms with Crippen molar-refractivity contribution in [3.05, 3.63) is 29.3 Å². The van der Waals surface area contributed by atoms with Crippen LogP contribution < -0.4 is 14.8 Å². The first kappa shape index (κ1) is 14.9. The van der Waals surface area contributed by atoms with E-state index in [1.54, 1.807) is 6.07 Å². The Bertz CT molecular complexity index is 815. The molecular formula is C16H14N2O5S. The Balaban J connectivity index is 1.52. The van der Waals surface area contributed by atoms with Crippen molar-refractivity contribution in [1.82, 2.24) is 10.3 Å². The number of rotatable bonds is 5. The fourth-order valence-corrected chi connectivity index (χ4v) is 3.38. The van der Waals surface area contributed by atoms with Crippen molar-refractivity contribution in [2.24, 2.45) is 5.92 Å². The summed E-state index contributed by atoms with van der Waals surface area (Å²) < 4.78 is 10.6. The van der Waals surface area contributed by atoms with Gasteiger partial charge >= 0.3 is 5.97 Å². The number of carboxylic acids is 1. The van der Waals surface area contributed by atoms with Crippen molar-refractivity contribution in [2.75, 3.05) is 6.79 Å². The summed E-state index contributed by atoms with van der Waals surface area (Å²) in [7, 11) is 0. The monoisotopic (exact) mass is 346 g/mol. The van der Waals surface area contributed by atoms with Crippen LogP contribution >= 0.6 is 11.3 Å². The van der Waals surface area contributed by atoms with E-state index in [2.05, 4.69) is 10.3 Å². The summed E-state index contributed by atoms with van der Waals surface area (Å²) in [5.74, 6) is -0.0340. The van der Waals surface area contributed by atoms with E-state index < -0.39 is 17.9 Å². The zero-order valence-corrected chi connectivity index (χ0v) is 13.3. The van der Waals surface area contributed by atoms with E-state index in [1.807, 2.05) is 12.1 Å². The molecule has 2 N–H and O–H groups in total. The van der Waals surface area contributed by atoms with Crippen LogP contribution in [-0.2, 0) is 4.79 Å². The molecular weight excluding hydrogens is 332 g/mol. The molecule has 0 unspecified atom stereocenters. The van der Waals surface area contributed by atoms with Gasteiger partial charge in [0.25, 0.3) is 5.91 Å². The van der Waals surface area contributed by atoms with Crippen LogP contribution in [-0.4, -0.2) is 34.8 Å². The highest BCUT2D eigenvalue weighted by Gasteiger charge is 2.37. The predicted molar refractivity (Wildman–Crippen MR) is 85.3 cm³/mol. The van der Waals surface area contributed by atoms with Crippen molar-refractivity contribution in [1.29, 1.82) is 0 Å². The standard InChI is InChI=1S/C16H14N2O5S/c19-14(18-13(16(20)21)8-1-2-8)12-6-17-15(24-12)9-3-4-10-11(5-9)23-7-22-10/h3-6,8,13H,1-2,7H2,(H,18,19)(H,20,21)/t13-/m1/s1. The number of aromatic nitrogens is 1. The first-order valence-electron chi connectivity index (χ1n) is 7.51. The minimum atomic E-state index is -0.994. The van der Waals surface area contributed by atoms with Gasteiger partial charge in [-0.25, -0.2) is 9.78 Å². The predicted octanol–water partition coefficient (Wildman–Crippen LogP) is 2.13. The minimum Gasteiger partial charge on any atom is -0.480 e. The van der Waals surface area contributed by atoms with Gasteiger partial charge in [-0.1, -0.05) is 0 Å². The summed E-state index contributed by atoms with van der Waals surface area (Å²) in [5.41, 5.74) is 0.820. The molecule has 1 fully saturated rings. The van der Waals surface area contributed by atoms with Crippen LogP contribution in [0.1, 0.15) is 22.5 Å². The average Bonchev–Trinajstić information content (AvgIpc) is 3.10. The van der Waals surface area contributed by atoms with Crippen LogP contribution in [0.5, 0.6) is 11.5 Å². The molecule has 124 valence electrons. The van der Waals surface area contributed by atoms with Gasteiger partial charge < -0.3 is 19.9 Å². The van der Waals surface area contributed by atoms with Crippen molar-refractivity contribution in [2.45, 2.75) is 18.9 Å². The number of ether oxygens (including phenoxy) is 2. The molecule has 0 bridgehead atoms. The Morgan fingerprint density at radius 1 is 1.29 bits per heavy atom. The molecule has 8 heteroatoms. The number of carboxylic acid groups (broad SMARTS) is 1. The third-order valence-electron chi connectivity index (χ3n) is 4.00. The minimum absolute atomic E-state index is 0.0349. The first-order valence-corrected chi connectivity index (χ1v) is 8.33. The quantitative estimate of drug-likeness (QED) is 0.861. The maximum Gasteiger partial charge on any atom is 0.326 e. The van der Waals surface area contributed by atoms with Crippen LogP contribution in [0.4, 0.5) is 0 Å². The Morgan fingerprint density at radius 2 is 2.08 bits per heavy atom. The molecule has 1 amide bonds. The van der Waals surface area contributed by atoms with Crippen molar-refractivity contribution < 1.29 is 24.2 Å². The fraction of sp³-hybridized carbons (Fsp3) is 0.312. The highest BCUT2D eigenvalue weighted by atomic mass is 32.1. The molecule has 0 spiro atoms. The lowest BCUT2D eigenvalue weighted by Gasteiger charge is -2.12. The van der Waals surface area contributed by atoms with E-state index in [0.29, 0.717) is 21.4 Å². The van der Waals surface area contributed by atoms with Crippen LogP contribution in [0.25, 0.3) is 10.6 Å². The van der Waals surface area contributed by atoms with Gasteiger partial charge in [0.05, 0.1) is 6.20 Å². The Kier molecular flexibility index (Phi) is 3.61. The van der Waals surface area contributed by atoms with E-state index in [9.17, 15) is 14.7 Å². The Labute approximate surface area is 141 Å². The third kappa shape index (κ3) is 2.80. The largest absolute Gasteiger partial charge is 0.480 e. The van der Waals surface area contributed by atoms with E-state index in [-0.39, 0.29) is 12.7 Å². The molecule has 1 saturated carbocycles. The number of hydrogen-bond donors (Lipinski definition) is 2. The number of amides is 1. The number of thiazole rings is 1. The molecule has 1 aliphatic carbocycles. The van der Waals surface area contributed by atoms with Crippen LogP contribution in [0.3, 0.4) is 0 Å². The number of carbonyl (C=O) groups is 2. The third-order valence-corrected chi connectivity index (χ3v) is 5.04. The molecule has 0 radical (unpaired) electrons. The smallest absolute Gasteiger partial charge is 0.326 e. The number of nitrogens with one attached hydrogen (secondary N) is 1. The summed E-state index contributed by atoms with van der Waals surface area (Å²) in [6.45, 7) is 0.196. The number of aliphatic carboxylic acids is 1. The Morgan fingerprint density at radius 3 is 2.83 bits per heavy atom. The molecule has 24 heavy (non-hydrogen) atoms. The highest BCUT2D eigenvalue weighted by Crippen LogP contribution is 2.37. The number of benzene rings is 1. The number of carbonyl (C=O) groups excluding carboxylic acids is 1.